The van der Waals surface area contributed by atoms with Crippen LogP contribution in [0.25, 0.3) is 0 Å². The van der Waals surface area contributed by atoms with Gasteiger partial charge in [-0.3, -0.25) is 9.69 Å². The lowest BCUT2D eigenvalue weighted by atomic mass is 10.1. The zero-order chi connectivity index (χ0) is 13.3. The van der Waals surface area contributed by atoms with Crippen LogP contribution in [0.5, 0.6) is 0 Å². The third kappa shape index (κ3) is 6.61. The van der Waals surface area contributed by atoms with Gasteiger partial charge in [-0.2, -0.15) is 0 Å². The number of rotatable bonds is 10. The van der Waals surface area contributed by atoms with Gasteiger partial charge in [-0.1, -0.05) is 13.8 Å². The van der Waals surface area contributed by atoms with Gasteiger partial charge in [-0.15, -0.1) is 0 Å². The maximum Gasteiger partial charge on any atom is 0.234 e. The van der Waals surface area contributed by atoms with E-state index >= 15 is 0 Å². The van der Waals surface area contributed by atoms with Crippen molar-refractivity contribution < 1.29 is 9.53 Å². The molecule has 0 saturated carbocycles. The van der Waals surface area contributed by atoms with Gasteiger partial charge in [0.1, 0.15) is 0 Å². The number of hydrogen-bond donors (Lipinski definition) is 2. The molecule has 17 heavy (non-hydrogen) atoms. The largest absolute Gasteiger partial charge is 0.383 e. The summed E-state index contributed by atoms with van der Waals surface area (Å²) in [6.07, 6.45) is 2.79. The minimum Gasteiger partial charge on any atom is -0.383 e. The molecule has 0 aromatic heterocycles. The Bertz CT molecular complexity index is 208. The first kappa shape index (κ1) is 16.4. The second kappa shape index (κ2) is 9.39. The highest BCUT2D eigenvalue weighted by Crippen LogP contribution is 2.09. The van der Waals surface area contributed by atoms with Gasteiger partial charge in [0.05, 0.1) is 12.6 Å². The summed E-state index contributed by atoms with van der Waals surface area (Å²) in [6, 6.07) is -0.0281. The van der Waals surface area contributed by atoms with E-state index < -0.39 is 11.9 Å². The molecule has 0 heterocycles. The minimum absolute atomic E-state index is 0.429. The lowest BCUT2D eigenvalue weighted by molar-refractivity contribution is -0.119. The predicted molar refractivity (Wildman–Crippen MR) is 69.6 cm³/mol. The zero-order valence-corrected chi connectivity index (χ0v) is 11.3. The smallest absolute Gasteiger partial charge is 0.234 e. The van der Waals surface area contributed by atoms with Crippen LogP contribution < -0.4 is 11.5 Å². The van der Waals surface area contributed by atoms with Crippen molar-refractivity contribution in [3.63, 3.8) is 0 Å². The van der Waals surface area contributed by atoms with Gasteiger partial charge in [0, 0.05) is 26.2 Å². The summed E-state index contributed by atoms with van der Waals surface area (Å²) >= 11 is 0. The Labute approximate surface area is 104 Å². The summed E-state index contributed by atoms with van der Waals surface area (Å²) in [7, 11) is 1.69. The number of hydrogen-bond acceptors (Lipinski definition) is 4. The van der Waals surface area contributed by atoms with E-state index in [9.17, 15) is 4.79 Å². The first-order chi connectivity index (χ1) is 8.06. The SMILES string of the molecule is CCC(CC)N(CCOC)CCC(N)C(N)=O. The molecule has 0 aliphatic rings. The normalized spacial score (nSPS) is 13.3. The van der Waals surface area contributed by atoms with Gasteiger partial charge in [0.25, 0.3) is 0 Å². The van der Waals surface area contributed by atoms with Crippen LogP contribution in [0, 0.1) is 0 Å². The van der Waals surface area contributed by atoms with E-state index in [0.29, 0.717) is 19.1 Å². The molecule has 4 N–H and O–H groups in total. The average molecular weight is 245 g/mol. The molecule has 0 rings (SSSR count). The molecule has 1 atom stereocenters. The summed E-state index contributed by atoms with van der Waals surface area (Å²) in [6.45, 7) is 6.69. The molecule has 0 aliphatic heterocycles. The Morgan fingerprint density at radius 1 is 1.29 bits per heavy atom. The fourth-order valence-corrected chi connectivity index (χ4v) is 1.94. The molecule has 0 bridgehead atoms. The van der Waals surface area contributed by atoms with Crippen LogP contribution in [0.15, 0.2) is 0 Å². The van der Waals surface area contributed by atoms with Gasteiger partial charge < -0.3 is 16.2 Å². The molecule has 0 spiro atoms. The second-order valence-corrected chi connectivity index (χ2v) is 4.30. The molecule has 0 aliphatic carbocycles. The van der Waals surface area contributed by atoms with E-state index in [-0.39, 0.29) is 0 Å². The van der Waals surface area contributed by atoms with E-state index in [2.05, 4.69) is 18.7 Å². The number of carbonyl (C=O) groups excluding carboxylic acids is 1. The van der Waals surface area contributed by atoms with Crippen LogP contribution in [0.2, 0.25) is 0 Å². The fraction of sp³-hybridized carbons (Fsp3) is 0.917. The zero-order valence-electron chi connectivity index (χ0n) is 11.3. The van der Waals surface area contributed by atoms with Crippen LogP contribution in [0.3, 0.4) is 0 Å². The molecule has 1 unspecified atom stereocenters. The van der Waals surface area contributed by atoms with E-state index in [4.69, 9.17) is 16.2 Å². The number of methoxy groups -OCH3 is 1. The maximum atomic E-state index is 10.9. The van der Waals surface area contributed by atoms with Gasteiger partial charge in [0.15, 0.2) is 0 Å². The van der Waals surface area contributed by atoms with Crippen molar-refractivity contribution in [2.45, 2.75) is 45.2 Å². The predicted octanol–water partition coefficient (Wildman–Crippen LogP) is 0.326. The number of primary amides is 1. The summed E-state index contributed by atoms with van der Waals surface area (Å²) in [5, 5.41) is 0. The van der Waals surface area contributed by atoms with Gasteiger partial charge in [0.2, 0.25) is 5.91 Å². The summed E-state index contributed by atoms with van der Waals surface area (Å²) in [5.41, 5.74) is 10.8. The fourth-order valence-electron chi connectivity index (χ4n) is 1.94. The number of ether oxygens (including phenoxy) is 1. The summed E-state index contributed by atoms with van der Waals surface area (Å²) in [5.74, 6) is -0.429. The van der Waals surface area contributed by atoms with E-state index in [1.54, 1.807) is 7.11 Å². The highest BCUT2D eigenvalue weighted by atomic mass is 16.5. The third-order valence-corrected chi connectivity index (χ3v) is 3.13. The van der Waals surface area contributed by atoms with Crippen LogP contribution in [0.4, 0.5) is 0 Å². The first-order valence-electron chi connectivity index (χ1n) is 6.34. The summed E-state index contributed by atoms with van der Waals surface area (Å²) < 4.78 is 5.10. The maximum absolute atomic E-state index is 10.9. The Hall–Kier alpha value is -0.650. The Kier molecular flexibility index (Phi) is 9.03. The molecule has 5 nitrogen and oxygen atoms in total. The number of nitrogens with zero attached hydrogens (tertiary/aromatic N) is 1. The molecular formula is C12H27N3O2. The van der Waals surface area contributed by atoms with Crippen LogP contribution in [-0.4, -0.2) is 49.7 Å². The van der Waals surface area contributed by atoms with Gasteiger partial charge >= 0.3 is 0 Å². The molecule has 0 radical (unpaired) electrons. The minimum atomic E-state index is -0.547. The average Bonchev–Trinajstić information content (AvgIpc) is 2.32. The number of nitrogens with two attached hydrogens (primary N) is 2. The Morgan fingerprint density at radius 2 is 1.88 bits per heavy atom. The first-order valence-corrected chi connectivity index (χ1v) is 6.34. The Balaban J connectivity index is 4.22. The molecule has 0 saturated heterocycles. The van der Waals surface area contributed by atoms with Gasteiger partial charge in [-0.25, -0.2) is 0 Å². The lowest BCUT2D eigenvalue weighted by Gasteiger charge is -2.30. The molecule has 5 heteroatoms. The second-order valence-electron chi connectivity index (χ2n) is 4.30. The monoisotopic (exact) mass is 245 g/mol. The van der Waals surface area contributed by atoms with Crippen molar-refractivity contribution in [2.24, 2.45) is 11.5 Å². The number of carbonyl (C=O) groups is 1. The molecular weight excluding hydrogens is 218 g/mol. The van der Waals surface area contributed by atoms with E-state index in [1.165, 1.54) is 0 Å². The highest BCUT2D eigenvalue weighted by molar-refractivity contribution is 5.79. The summed E-state index contributed by atoms with van der Waals surface area (Å²) in [4.78, 5) is 13.2. The van der Waals surface area contributed by atoms with Crippen LogP contribution in [0.1, 0.15) is 33.1 Å². The standard InChI is InChI=1S/C12H27N3O2/c1-4-10(5-2)15(8-9-17-3)7-6-11(13)12(14)16/h10-11H,4-9,13H2,1-3H3,(H2,14,16). The lowest BCUT2D eigenvalue weighted by Crippen LogP contribution is -2.43. The van der Waals surface area contributed by atoms with Crippen LogP contribution in [-0.2, 0) is 9.53 Å². The van der Waals surface area contributed by atoms with Crippen LogP contribution >= 0.6 is 0 Å². The Morgan fingerprint density at radius 3 is 2.29 bits per heavy atom. The molecule has 102 valence electrons. The molecule has 0 aromatic carbocycles. The molecule has 1 amide bonds. The third-order valence-electron chi connectivity index (χ3n) is 3.13. The van der Waals surface area contributed by atoms with Crippen molar-refractivity contribution in [3.05, 3.63) is 0 Å². The number of amides is 1. The molecule has 0 aromatic rings. The highest BCUT2D eigenvalue weighted by Gasteiger charge is 2.17. The van der Waals surface area contributed by atoms with Crippen molar-refractivity contribution in [1.29, 1.82) is 0 Å². The van der Waals surface area contributed by atoms with Crippen molar-refractivity contribution >= 4 is 5.91 Å². The van der Waals surface area contributed by atoms with E-state index in [0.717, 1.165) is 25.9 Å². The van der Waals surface area contributed by atoms with Gasteiger partial charge in [-0.05, 0) is 19.3 Å². The van der Waals surface area contributed by atoms with Crippen molar-refractivity contribution in [3.8, 4) is 0 Å². The quantitative estimate of drug-likeness (QED) is 0.581. The topological polar surface area (TPSA) is 81.6 Å². The molecule has 0 fully saturated rings. The van der Waals surface area contributed by atoms with E-state index in [1.807, 2.05) is 0 Å². The van der Waals surface area contributed by atoms with Crippen molar-refractivity contribution in [2.75, 3.05) is 26.8 Å². The van der Waals surface area contributed by atoms with Crippen molar-refractivity contribution in [1.82, 2.24) is 4.90 Å².